The highest BCUT2D eigenvalue weighted by Crippen LogP contribution is 2.28. The van der Waals surface area contributed by atoms with Gasteiger partial charge in [0.05, 0.1) is 23.7 Å². The predicted molar refractivity (Wildman–Crippen MR) is 86.7 cm³/mol. The summed E-state index contributed by atoms with van der Waals surface area (Å²) in [5.41, 5.74) is -1.99. The number of halogens is 3. The zero-order chi connectivity index (χ0) is 20.4. The van der Waals surface area contributed by atoms with Gasteiger partial charge in [-0.3, -0.25) is 9.59 Å². The Labute approximate surface area is 156 Å². The molecular formula is C16H16F3N5O4. The van der Waals surface area contributed by atoms with Crippen LogP contribution in [0.25, 0.3) is 5.82 Å². The highest BCUT2D eigenvalue weighted by molar-refractivity contribution is 5.92. The lowest BCUT2D eigenvalue weighted by Gasteiger charge is -2.36. The first-order valence-corrected chi connectivity index (χ1v) is 8.27. The van der Waals surface area contributed by atoms with E-state index in [1.165, 1.54) is 6.20 Å². The number of aromatic nitrogens is 4. The summed E-state index contributed by atoms with van der Waals surface area (Å²) in [5.74, 6) is -1.65. The Morgan fingerprint density at radius 1 is 1.29 bits per heavy atom. The molecule has 0 spiro atoms. The number of pyridine rings is 1. The molecule has 1 aliphatic rings. The van der Waals surface area contributed by atoms with Gasteiger partial charge in [0, 0.05) is 19.4 Å². The van der Waals surface area contributed by atoms with Crippen molar-refractivity contribution in [2.45, 2.75) is 31.0 Å². The number of aliphatic carboxylic acids is 1. The summed E-state index contributed by atoms with van der Waals surface area (Å²) in [4.78, 5) is 27.3. The van der Waals surface area contributed by atoms with Crippen LogP contribution in [0.3, 0.4) is 0 Å². The fourth-order valence-corrected chi connectivity index (χ4v) is 2.87. The maximum absolute atomic E-state index is 12.6. The summed E-state index contributed by atoms with van der Waals surface area (Å²) in [5, 5.41) is 19.2. The summed E-state index contributed by atoms with van der Waals surface area (Å²) in [6, 6.07) is 1.94. The van der Waals surface area contributed by atoms with Crippen molar-refractivity contribution < 1.29 is 32.6 Å². The fourth-order valence-electron chi connectivity index (χ4n) is 2.87. The third kappa shape index (κ3) is 4.44. The normalized spacial score (nSPS) is 16.5. The first-order valence-electron chi connectivity index (χ1n) is 8.27. The van der Waals surface area contributed by atoms with Gasteiger partial charge < -0.3 is 15.2 Å². The zero-order valence-electron chi connectivity index (χ0n) is 14.4. The van der Waals surface area contributed by atoms with Crippen molar-refractivity contribution in [3.05, 3.63) is 35.8 Å². The fraction of sp³-hybridized carbons (Fsp3) is 0.438. The first kappa shape index (κ1) is 19.7. The molecule has 0 aliphatic carbocycles. The monoisotopic (exact) mass is 399 g/mol. The predicted octanol–water partition coefficient (Wildman–Crippen LogP) is 1.43. The lowest BCUT2D eigenvalue weighted by molar-refractivity contribution is -0.140. The smallest absolute Gasteiger partial charge is 0.417 e. The van der Waals surface area contributed by atoms with E-state index in [-0.39, 0.29) is 17.9 Å². The molecule has 1 saturated heterocycles. The summed E-state index contributed by atoms with van der Waals surface area (Å²) in [7, 11) is 0. The number of hydrogen-bond acceptors (Lipinski definition) is 6. The van der Waals surface area contributed by atoms with E-state index >= 15 is 0 Å². The highest BCUT2D eigenvalue weighted by atomic mass is 19.4. The Balaban J connectivity index is 1.75. The van der Waals surface area contributed by atoms with Gasteiger partial charge in [-0.25, -0.2) is 9.67 Å². The lowest BCUT2D eigenvalue weighted by atomic mass is 9.86. The third-order valence-electron chi connectivity index (χ3n) is 4.35. The molecule has 0 bridgehead atoms. The Morgan fingerprint density at radius 2 is 2.00 bits per heavy atom. The van der Waals surface area contributed by atoms with E-state index < -0.39 is 29.2 Å². The molecule has 150 valence electrons. The van der Waals surface area contributed by atoms with Crippen LogP contribution in [0.4, 0.5) is 13.2 Å². The number of carbonyl (C=O) groups excluding carboxylic acids is 1. The van der Waals surface area contributed by atoms with Crippen LogP contribution in [-0.4, -0.2) is 55.7 Å². The van der Waals surface area contributed by atoms with Gasteiger partial charge in [0.2, 0.25) is 0 Å². The summed E-state index contributed by atoms with van der Waals surface area (Å²) >= 11 is 0. The average molecular weight is 399 g/mol. The molecule has 1 amide bonds. The number of hydrogen-bond donors (Lipinski definition) is 2. The molecule has 9 nitrogen and oxygen atoms in total. The number of nitrogens with one attached hydrogen (secondary N) is 1. The Kier molecular flexibility index (Phi) is 5.31. The Morgan fingerprint density at radius 3 is 2.57 bits per heavy atom. The zero-order valence-corrected chi connectivity index (χ0v) is 14.4. The first-order chi connectivity index (χ1) is 13.2. The minimum atomic E-state index is -4.51. The molecule has 0 saturated carbocycles. The van der Waals surface area contributed by atoms with Gasteiger partial charge >= 0.3 is 12.1 Å². The van der Waals surface area contributed by atoms with Gasteiger partial charge in [0.1, 0.15) is 0 Å². The van der Waals surface area contributed by atoms with Crippen molar-refractivity contribution in [3.63, 3.8) is 0 Å². The van der Waals surface area contributed by atoms with Crippen LogP contribution in [0.2, 0.25) is 0 Å². The maximum Gasteiger partial charge on any atom is 0.417 e. The average Bonchev–Trinajstić information content (AvgIpc) is 3.11. The van der Waals surface area contributed by atoms with Crippen molar-refractivity contribution in [1.82, 2.24) is 25.3 Å². The van der Waals surface area contributed by atoms with Gasteiger partial charge in [0.25, 0.3) is 5.91 Å². The van der Waals surface area contributed by atoms with Crippen LogP contribution in [0.15, 0.2) is 24.5 Å². The molecule has 3 rings (SSSR count). The van der Waals surface area contributed by atoms with Gasteiger partial charge in [-0.15, -0.1) is 5.10 Å². The standard InChI is InChI=1S/C16H16F3N5O4/c17-16(18,19)10-1-2-12(20-8-10)24-9-11(22-23-24)14(27)21-15(7-13(25)26)3-5-28-6-4-15/h1-2,8-9H,3-7H2,(H,21,27)(H,25,26). The number of ether oxygens (including phenoxy) is 1. The second-order valence-corrected chi connectivity index (χ2v) is 6.37. The molecule has 0 unspecified atom stereocenters. The van der Waals surface area contributed by atoms with Crippen LogP contribution in [0.1, 0.15) is 35.3 Å². The van der Waals surface area contributed by atoms with E-state index in [0.717, 1.165) is 16.8 Å². The number of carbonyl (C=O) groups is 2. The van der Waals surface area contributed by atoms with Crippen molar-refractivity contribution >= 4 is 11.9 Å². The minimum Gasteiger partial charge on any atom is -0.481 e. The number of amides is 1. The molecule has 2 aromatic rings. The Hall–Kier alpha value is -3.02. The molecule has 1 aliphatic heterocycles. The molecule has 0 radical (unpaired) electrons. The molecule has 0 atom stereocenters. The van der Waals surface area contributed by atoms with Crippen LogP contribution in [0, 0.1) is 0 Å². The van der Waals surface area contributed by atoms with E-state index in [2.05, 4.69) is 20.6 Å². The molecular weight excluding hydrogens is 383 g/mol. The van der Waals surface area contributed by atoms with Crippen LogP contribution in [0.5, 0.6) is 0 Å². The van der Waals surface area contributed by atoms with E-state index in [4.69, 9.17) is 9.84 Å². The highest BCUT2D eigenvalue weighted by Gasteiger charge is 2.37. The molecule has 3 heterocycles. The third-order valence-corrected chi connectivity index (χ3v) is 4.35. The second kappa shape index (κ2) is 7.54. The van der Waals surface area contributed by atoms with Crippen molar-refractivity contribution in [2.24, 2.45) is 0 Å². The molecule has 2 N–H and O–H groups in total. The van der Waals surface area contributed by atoms with Crippen LogP contribution in [-0.2, 0) is 15.7 Å². The molecule has 28 heavy (non-hydrogen) atoms. The maximum atomic E-state index is 12.6. The summed E-state index contributed by atoms with van der Waals surface area (Å²) < 4.78 is 44.1. The van der Waals surface area contributed by atoms with Gasteiger partial charge in [-0.2, -0.15) is 13.2 Å². The van der Waals surface area contributed by atoms with E-state index in [1.54, 1.807) is 0 Å². The SMILES string of the molecule is O=C(O)CC1(NC(=O)c2cn(-c3ccc(C(F)(F)F)cn3)nn2)CCOCC1. The molecule has 2 aromatic heterocycles. The van der Waals surface area contributed by atoms with Crippen molar-refractivity contribution in [3.8, 4) is 5.82 Å². The largest absolute Gasteiger partial charge is 0.481 e. The Bertz CT molecular complexity index is 860. The number of carboxylic acid groups (broad SMARTS) is 1. The molecule has 1 fully saturated rings. The number of carboxylic acids is 1. The quantitative estimate of drug-likeness (QED) is 0.781. The van der Waals surface area contributed by atoms with Gasteiger partial charge in [0.15, 0.2) is 11.5 Å². The molecule has 12 heteroatoms. The number of alkyl halides is 3. The van der Waals surface area contributed by atoms with Crippen LogP contribution < -0.4 is 5.32 Å². The summed E-state index contributed by atoms with van der Waals surface area (Å²) in [6.45, 7) is 0.630. The van der Waals surface area contributed by atoms with Crippen molar-refractivity contribution in [1.29, 1.82) is 0 Å². The van der Waals surface area contributed by atoms with E-state index in [0.29, 0.717) is 32.3 Å². The second-order valence-electron chi connectivity index (χ2n) is 6.37. The van der Waals surface area contributed by atoms with E-state index in [1.807, 2.05) is 0 Å². The number of nitrogens with zero attached hydrogens (tertiary/aromatic N) is 4. The van der Waals surface area contributed by atoms with E-state index in [9.17, 15) is 22.8 Å². The lowest BCUT2D eigenvalue weighted by Crippen LogP contribution is -2.53. The van der Waals surface area contributed by atoms with Crippen LogP contribution >= 0.6 is 0 Å². The molecule has 0 aromatic carbocycles. The van der Waals surface area contributed by atoms with Gasteiger partial charge in [-0.1, -0.05) is 5.21 Å². The topological polar surface area (TPSA) is 119 Å². The minimum absolute atomic E-state index is 0.0471. The van der Waals surface area contributed by atoms with Crippen molar-refractivity contribution in [2.75, 3.05) is 13.2 Å². The summed E-state index contributed by atoms with van der Waals surface area (Å²) in [6.07, 6.45) is -2.25. The number of rotatable bonds is 5. The van der Waals surface area contributed by atoms with Gasteiger partial charge in [-0.05, 0) is 25.0 Å².